The summed E-state index contributed by atoms with van der Waals surface area (Å²) in [4.78, 5) is 22.6. The van der Waals surface area contributed by atoms with E-state index in [9.17, 15) is 4.79 Å². The predicted octanol–water partition coefficient (Wildman–Crippen LogP) is 2.09. The van der Waals surface area contributed by atoms with E-state index in [-0.39, 0.29) is 35.9 Å². The van der Waals surface area contributed by atoms with Gasteiger partial charge in [-0.25, -0.2) is 0 Å². The van der Waals surface area contributed by atoms with Gasteiger partial charge in [-0.1, -0.05) is 6.07 Å². The molecule has 7 heteroatoms. The van der Waals surface area contributed by atoms with Crippen molar-refractivity contribution in [2.24, 2.45) is 10.9 Å². The molecule has 0 radical (unpaired) electrons. The number of halogens is 1. The minimum Gasteiger partial charge on any atom is -0.466 e. The molecule has 1 fully saturated rings. The maximum atomic E-state index is 11.9. The molecule has 0 saturated carbocycles. The van der Waals surface area contributed by atoms with Gasteiger partial charge in [-0.3, -0.25) is 14.8 Å². The van der Waals surface area contributed by atoms with Crippen LogP contribution in [0.25, 0.3) is 0 Å². The van der Waals surface area contributed by atoms with Crippen LogP contribution in [0.3, 0.4) is 0 Å². The largest absolute Gasteiger partial charge is 0.466 e. The molecular formula is C17H27IN4O2. The molecule has 1 unspecified atom stereocenters. The molecular weight excluding hydrogens is 419 g/mol. The first-order valence-electron chi connectivity index (χ1n) is 8.25. The maximum absolute atomic E-state index is 11.9. The van der Waals surface area contributed by atoms with Crippen molar-refractivity contribution < 1.29 is 9.53 Å². The van der Waals surface area contributed by atoms with Crippen LogP contribution < -0.4 is 5.32 Å². The summed E-state index contributed by atoms with van der Waals surface area (Å²) in [6.07, 6.45) is 6.41. The zero-order chi connectivity index (χ0) is 16.5. The molecule has 0 aliphatic carbocycles. The lowest BCUT2D eigenvalue weighted by atomic mass is 9.98. The molecule has 1 atom stereocenters. The standard InChI is InChI=1S/C17H26N4O2.HI/c1-3-23-16(22)15-7-5-11-21(13-15)17(18-2)20-10-8-14-6-4-9-19-12-14;/h4,6,9,12,15H,3,5,7-8,10-11,13H2,1-2H3,(H,18,20);1H. The van der Waals surface area contributed by atoms with Crippen molar-refractivity contribution in [3.8, 4) is 0 Å². The second-order valence-corrected chi connectivity index (χ2v) is 5.62. The molecule has 1 aliphatic heterocycles. The lowest BCUT2D eigenvalue weighted by Gasteiger charge is -2.33. The van der Waals surface area contributed by atoms with Crippen LogP contribution in [0, 0.1) is 5.92 Å². The summed E-state index contributed by atoms with van der Waals surface area (Å²) in [5.74, 6) is 0.700. The van der Waals surface area contributed by atoms with E-state index in [1.807, 2.05) is 19.2 Å². The van der Waals surface area contributed by atoms with Crippen LogP contribution >= 0.6 is 24.0 Å². The van der Waals surface area contributed by atoms with Crippen LogP contribution in [0.5, 0.6) is 0 Å². The monoisotopic (exact) mass is 446 g/mol. The number of rotatable bonds is 5. The van der Waals surface area contributed by atoms with Crippen molar-refractivity contribution in [2.75, 3.05) is 33.3 Å². The van der Waals surface area contributed by atoms with Crippen molar-refractivity contribution in [1.29, 1.82) is 0 Å². The number of ether oxygens (including phenoxy) is 1. The lowest BCUT2D eigenvalue weighted by Crippen LogP contribution is -2.48. The minimum atomic E-state index is -0.0944. The molecule has 0 bridgehead atoms. The quantitative estimate of drug-likeness (QED) is 0.325. The van der Waals surface area contributed by atoms with E-state index in [0.717, 1.165) is 38.3 Å². The molecule has 1 saturated heterocycles. The molecule has 0 amide bonds. The number of nitrogens with zero attached hydrogens (tertiary/aromatic N) is 3. The molecule has 1 N–H and O–H groups in total. The van der Waals surface area contributed by atoms with Gasteiger partial charge in [-0.05, 0) is 37.8 Å². The fourth-order valence-electron chi connectivity index (χ4n) is 2.82. The second kappa shape index (κ2) is 11.2. The van der Waals surface area contributed by atoms with E-state index in [2.05, 4.69) is 26.3 Å². The average Bonchev–Trinajstić information content (AvgIpc) is 2.60. The number of aromatic nitrogens is 1. The lowest BCUT2D eigenvalue weighted by molar-refractivity contribution is -0.149. The van der Waals surface area contributed by atoms with E-state index in [0.29, 0.717) is 13.2 Å². The Balaban J connectivity index is 0.00000288. The molecule has 1 aromatic rings. The van der Waals surface area contributed by atoms with Gasteiger partial charge in [0.15, 0.2) is 5.96 Å². The zero-order valence-corrected chi connectivity index (χ0v) is 16.7. The number of nitrogens with one attached hydrogen (secondary N) is 1. The Hall–Kier alpha value is -1.38. The molecule has 134 valence electrons. The van der Waals surface area contributed by atoms with Crippen LogP contribution in [0.1, 0.15) is 25.3 Å². The smallest absolute Gasteiger partial charge is 0.310 e. The van der Waals surface area contributed by atoms with Gasteiger partial charge in [-0.15, -0.1) is 24.0 Å². The van der Waals surface area contributed by atoms with Crippen molar-refractivity contribution >= 4 is 35.9 Å². The Morgan fingerprint density at radius 1 is 1.54 bits per heavy atom. The average molecular weight is 446 g/mol. The molecule has 1 aliphatic rings. The number of hydrogen-bond donors (Lipinski definition) is 1. The highest BCUT2D eigenvalue weighted by molar-refractivity contribution is 14.0. The predicted molar refractivity (Wildman–Crippen MR) is 106 cm³/mol. The number of aliphatic imine (C=N–C) groups is 1. The van der Waals surface area contributed by atoms with Gasteiger partial charge in [-0.2, -0.15) is 0 Å². The zero-order valence-electron chi connectivity index (χ0n) is 14.4. The summed E-state index contributed by atoms with van der Waals surface area (Å²) in [7, 11) is 1.78. The Labute approximate surface area is 161 Å². The summed E-state index contributed by atoms with van der Waals surface area (Å²) in [5.41, 5.74) is 1.19. The number of hydrogen-bond acceptors (Lipinski definition) is 4. The van der Waals surface area contributed by atoms with E-state index in [1.54, 1.807) is 13.2 Å². The molecule has 2 heterocycles. The first kappa shape index (κ1) is 20.7. The van der Waals surface area contributed by atoms with Gasteiger partial charge in [0.25, 0.3) is 0 Å². The van der Waals surface area contributed by atoms with Crippen LogP contribution in [0.15, 0.2) is 29.5 Å². The second-order valence-electron chi connectivity index (χ2n) is 5.62. The highest BCUT2D eigenvalue weighted by Crippen LogP contribution is 2.18. The van der Waals surface area contributed by atoms with Crippen molar-refractivity contribution in [1.82, 2.24) is 15.2 Å². The summed E-state index contributed by atoms with van der Waals surface area (Å²) in [5, 5.41) is 3.38. The number of carbonyl (C=O) groups excluding carboxylic acids is 1. The maximum Gasteiger partial charge on any atom is 0.310 e. The van der Waals surface area contributed by atoms with Gasteiger partial charge in [0.05, 0.1) is 12.5 Å². The number of piperidine rings is 1. The number of pyridine rings is 1. The number of esters is 1. The fourth-order valence-corrected chi connectivity index (χ4v) is 2.82. The third kappa shape index (κ3) is 6.26. The summed E-state index contributed by atoms with van der Waals surface area (Å²) in [6, 6.07) is 4.01. The van der Waals surface area contributed by atoms with Crippen molar-refractivity contribution in [3.05, 3.63) is 30.1 Å². The molecule has 6 nitrogen and oxygen atoms in total. The normalized spacial score (nSPS) is 17.8. The summed E-state index contributed by atoms with van der Waals surface area (Å²) in [6.45, 7) is 4.66. The number of likely N-dealkylation sites (tertiary alicyclic amines) is 1. The molecule has 1 aromatic heterocycles. The Morgan fingerprint density at radius 3 is 3.04 bits per heavy atom. The molecule has 24 heavy (non-hydrogen) atoms. The van der Waals surface area contributed by atoms with E-state index in [4.69, 9.17) is 4.74 Å². The third-order valence-corrected chi connectivity index (χ3v) is 3.97. The first-order chi connectivity index (χ1) is 11.2. The van der Waals surface area contributed by atoms with E-state index >= 15 is 0 Å². The van der Waals surface area contributed by atoms with Crippen LogP contribution in [0.4, 0.5) is 0 Å². The Bertz CT molecular complexity index is 525. The molecule has 0 aromatic carbocycles. The van der Waals surface area contributed by atoms with Crippen LogP contribution in [-0.2, 0) is 16.0 Å². The van der Waals surface area contributed by atoms with Crippen LogP contribution in [-0.4, -0.2) is 55.1 Å². The van der Waals surface area contributed by atoms with Gasteiger partial charge in [0, 0.05) is 39.1 Å². The molecule has 2 rings (SSSR count). The van der Waals surface area contributed by atoms with Crippen molar-refractivity contribution in [2.45, 2.75) is 26.2 Å². The topological polar surface area (TPSA) is 66.8 Å². The van der Waals surface area contributed by atoms with E-state index < -0.39 is 0 Å². The Kier molecular flexibility index (Phi) is 9.66. The van der Waals surface area contributed by atoms with Gasteiger partial charge in [0.1, 0.15) is 0 Å². The SMILES string of the molecule is CCOC(=O)C1CCCN(C(=NC)NCCc2cccnc2)C1.I. The number of guanidine groups is 1. The minimum absolute atomic E-state index is 0. The van der Waals surface area contributed by atoms with Gasteiger partial charge in [0.2, 0.25) is 0 Å². The summed E-state index contributed by atoms with van der Waals surface area (Å²) >= 11 is 0. The van der Waals surface area contributed by atoms with E-state index in [1.165, 1.54) is 5.56 Å². The summed E-state index contributed by atoms with van der Waals surface area (Å²) < 4.78 is 5.15. The van der Waals surface area contributed by atoms with Gasteiger partial charge < -0.3 is 15.0 Å². The number of carbonyl (C=O) groups is 1. The van der Waals surface area contributed by atoms with Gasteiger partial charge >= 0.3 is 5.97 Å². The highest BCUT2D eigenvalue weighted by atomic mass is 127. The third-order valence-electron chi connectivity index (χ3n) is 3.97. The Morgan fingerprint density at radius 2 is 2.38 bits per heavy atom. The van der Waals surface area contributed by atoms with Crippen LogP contribution in [0.2, 0.25) is 0 Å². The fraction of sp³-hybridized carbons (Fsp3) is 0.588. The highest BCUT2D eigenvalue weighted by Gasteiger charge is 2.28. The van der Waals surface area contributed by atoms with Crippen molar-refractivity contribution in [3.63, 3.8) is 0 Å². The molecule has 0 spiro atoms. The first-order valence-corrected chi connectivity index (χ1v) is 8.25.